The average molecular weight is 396 g/mol. The molecule has 0 aliphatic heterocycles. The highest BCUT2D eigenvalue weighted by Crippen LogP contribution is 2.35. The predicted octanol–water partition coefficient (Wildman–Crippen LogP) is 3.87. The van der Waals surface area contributed by atoms with Crippen molar-refractivity contribution in [2.24, 2.45) is 0 Å². The van der Waals surface area contributed by atoms with Gasteiger partial charge >= 0.3 is 0 Å². The van der Waals surface area contributed by atoms with Crippen LogP contribution in [-0.4, -0.2) is 11.3 Å². The van der Waals surface area contributed by atoms with Gasteiger partial charge in [0.2, 0.25) is 0 Å². The number of halogens is 2. The molecule has 100 valence electrons. The van der Waals surface area contributed by atoms with Crippen molar-refractivity contribution in [2.75, 3.05) is 0 Å². The molecule has 0 amide bonds. The molecule has 0 saturated carbocycles. The molecule has 4 nitrogen and oxygen atoms in total. The van der Waals surface area contributed by atoms with Gasteiger partial charge in [0, 0.05) is 17.3 Å². The third kappa shape index (κ3) is 3.24. The second kappa shape index (κ2) is 6.64. The Morgan fingerprint density at radius 1 is 1.35 bits per heavy atom. The lowest BCUT2D eigenvalue weighted by Crippen LogP contribution is -2.01. The molecule has 0 spiro atoms. The molecule has 0 fully saturated rings. The standard InChI is InChI=1S/C14H8Br2N2O2/c15-11-4-9(7-19)5-12(16)14(11)20-8-10-2-1-3-18-13(10)6-17/h1-5,7H,8H2. The average Bonchev–Trinajstić information content (AvgIpc) is 2.46. The van der Waals surface area contributed by atoms with E-state index in [1.807, 2.05) is 6.07 Å². The summed E-state index contributed by atoms with van der Waals surface area (Å²) in [5.74, 6) is 0.573. The topological polar surface area (TPSA) is 63.0 Å². The van der Waals surface area contributed by atoms with E-state index in [9.17, 15) is 4.79 Å². The number of aldehydes is 1. The van der Waals surface area contributed by atoms with E-state index < -0.39 is 0 Å². The minimum Gasteiger partial charge on any atom is -0.486 e. The van der Waals surface area contributed by atoms with Crippen molar-refractivity contribution < 1.29 is 9.53 Å². The number of nitriles is 1. The van der Waals surface area contributed by atoms with Crippen LogP contribution in [0.1, 0.15) is 21.6 Å². The summed E-state index contributed by atoms with van der Waals surface area (Å²) in [5, 5.41) is 8.97. The predicted molar refractivity (Wildman–Crippen MR) is 80.5 cm³/mol. The number of hydrogen-bond donors (Lipinski definition) is 0. The van der Waals surface area contributed by atoms with Crippen LogP contribution in [0.2, 0.25) is 0 Å². The van der Waals surface area contributed by atoms with Gasteiger partial charge in [-0.2, -0.15) is 5.26 Å². The first kappa shape index (κ1) is 14.7. The fraction of sp³-hybridized carbons (Fsp3) is 0.0714. The molecule has 1 aromatic carbocycles. The lowest BCUT2D eigenvalue weighted by molar-refractivity contribution is 0.112. The maximum absolute atomic E-state index is 10.8. The molecule has 0 N–H and O–H groups in total. The molecule has 6 heteroatoms. The lowest BCUT2D eigenvalue weighted by atomic mass is 10.2. The van der Waals surface area contributed by atoms with Gasteiger partial charge in [-0.05, 0) is 50.1 Å². The molecule has 0 saturated heterocycles. The Balaban J connectivity index is 2.24. The number of benzene rings is 1. The summed E-state index contributed by atoms with van der Waals surface area (Å²) in [5.41, 5.74) is 1.58. The highest BCUT2D eigenvalue weighted by atomic mass is 79.9. The van der Waals surface area contributed by atoms with Crippen molar-refractivity contribution in [3.8, 4) is 11.8 Å². The zero-order chi connectivity index (χ0) is 14.5. The first-order chi connectivity index (χ1) is 9.65. The van der Waals surface area contributed by atoms with Crippen LogP contribution in [0.25, 0.3) is 0 Å². The van der Waals surface area contributed by atoms with Crippen molar-refractivity contribution in [3.63, 3.8) is 0 Å². The summed E-state index contributed by atoms with van der Waals surface area (Å²) < 4.78 is 7.02. The molecular formula is C14H8Br2N2O2. The van der Waals surface area contributed by atoms with E-state index in [0.717, 1.165) is 6.29 Å². The molecule has 0 bridgehead atoms. The van der Waals surface area contributed by atoms with Crippen LogP contribution in [-0.2, 0) is 6.61 Å². The van der Waals surface area contributed by atoms with Gasteiger partial charge in [0.15, 0.2) is 0 Å². The first-order valence-electron chi connectivity index (χ1n) is 5.56. The number of ether oxygens (including phenoxy) is 1. The molecule has 1 aromatic heterocycles. The summed E-state index contributed by atoms with van der Waals surface area (Å²) in [6.07, 6.45) is 2.32. The highest BCUT2D eigenvalue weighted by Gasteiger charge is 2.10. The second-order valence-electron chi connectivity index (χ2n) is 3.84. The number of carbonyl (C=O) groups excluding carboxylic acids is 1. The lowest BCUT2D eigenvalue weighted by Gasteiger charge is -2.11. The van der Waals surface area contributed by atoms with Gasteiger partial charge in [-0.3, -0.25) is 4.79 Å². The summed E-state index contributed by atoms with van der Waals surface area (Å²) in [6.45, 7) is 0.217. The molecule has 1 heterocycles. The Bertz CT molecular complexity index is 673. The summed E-state index contributed by atoms with van der Waals surface area (Å²) in [7, 11) is 0. The van der Waals surface area contributed by atoms with E-state index in [1.165, 1.54) is 0 Å². The third-order valence-corrected chi connectivity index (χ3v) is 3.70. The normalized spacial score (nSPS) is 9.85. The van der Waals surface area contributed by atoms with Gasteiger partial charge in [0.05, 0.1) is 8.95 Å². The molecule has 0 unspecified atom stereocenters. The molecular weight excluding hydrogens is 388 g/mol. The van der Waals surface area contributed by atoms with E-state index in [2.05, 4.69) is 36.8 Å². The molecule has 2 aromatic rings. The molecule has 0 radical (unpaired) electrons. The van der Waals surface area contributed by atoms with Crippen LogP contribution in [0.4, 0.5) is 0 Å². The smallest absolute Gasteiger partial charge is 0.150 e. The number of hydrogen-bond acceptors (Lipinski definition) is 4. The monoisotopic (exact) mass is 394 g/mol. The molecule has 0 aliphatic rings. The van der Waals surface area contributed by atoms with Crippen LogP contribution in [0, 0.1) is 11.3 Å². The van der Waals surface area contributed by atoms with Crippen molar-refractivity contribution in [2.45, 2.75) is 6.61 Å². The van der Waals surface area contributed by atoms with Crippen LogP contribution < -0.4 is 4.74 Å². The Morgan fingerprint density at radius 2 is 2.05 bits per heavy atom. The second-order valence-corrected chi connectivity index (χ2v) is 5.55. The Morgan fingerprint density at radius 3 is 2.65 bits per heavy atom. The maximum Gasteiger partial charge on any atom is 0.150 e. The number of aromatic nitrogens is 1. The minimum atomic E-state index is 0.217. The Kier molecular flexibility index (Phi) is 4.88. The maximum atomic E-state index is 10.8. The van der Waals surface area contributed by atoms with E-state index >= 15 is 0 Å². The summed E-state index contributed by atoms with van der Waals surface area (Å²) in [4.78, 5) is 14.7. The van der Waals surface area contributed by atoms with Crippen molar-refractivity contribution in [1.82, 2.24) is 4.98 Å². The number of rotatable bonds is 4. The molecule has 0 aliphatic carbocycles. The fourth-order valence-electron chi connectivity index (χ4n) is 1.59. The van der Waals surface area contributed by atoms with E-state index in [1.54, 1.807) is 30.5 Å². The Labute approximate surface area is 132 Å². The van der Waals surface area contributed by atoms with Gasteiger partial charge in [-0.1, -0.05) is 6.07 Å². The zero-order valence-electron chi connectivity index (χ0n) is 10.1. The van der Waals surface area contributed by atoms with Crippen LogP contribution in [0.5, 0.6) is 5.75 Å². The Hall–Kier alpha value is -1.71. The molecule has 20 heavy (non-hydrogen) atoms. The summed E-state index contributed by atoms with van der Waals surface area (Å²) in [6, 6.07) is 8.89. The van der Waals surface area contributed by atoms with E-state index in [-0.39, 0.29) is 6.61 Å². The van der Waals surface area contributed by atoms with Gasteiger partial charge in [-0.15, -0.1) is 0 Å². The number of carbonyl (C=O) groups is 1. The van der Waals surface area contributed by atoms with Gasteiger partial charge in [-0.25, -0.2) is 4.98 Å². The van der Waals surface area contributed by atoms with E-state index in [4.69, 9.17) is 10.00 Å². The number of nitrogens with zero attached hydrogens (tertiary/aromatic N) is 2. The highest BCUT2D eigenvalue weighted by molar-refractivity contribution is 9.11. The minimum absolute atomic E-state index is 0.217. The zero-order valence-corrected chi connectivity index (χ0v) is 13.3. The first-order valence-corrected chi connectivity index (χ1v) is 7.15. The van der Waals surface area contributed by atoms with E-state index in [0.29, 0.717) is 31.5 Å². The van der Waals surface area contributed by atoms with Gasteiger partial charge in [0.1, 0.15) is 30.4 Å². The van der Waals surface area contributed by atoms with Crippen LogP contribution in [0.15, 0.2) is 39.4 Å². The molecule has 0 atom stereocenters. The van der Waals surface area contributed by atoms with Crippen LogP contribution >= 0.6 is 31.9 Å². The SMILES string of the molecule is N#Cc1ncccc1COc1c(Br)cc(C=O)cc1Br. The summed E-state index contributed by atoms with van der Waals surface area (Å²) >= 11 is 6.71. The molecule has 2 rings (SSSR count). The van der Waals surface area contributed by atoms with Gasteiger partial charge in [0.25, 0.3) is 0 Å². The third-order valence-electron chi connectivity index (χ3n) is 2.53. The van der Waals surface area contributed by atoms with Gasteiger partial charge < -0.3 is 4.74 Å². The fourth-order valence-corrected chi connectivity index (χ4v) is 3.04. The van der Waals surface area contributed by atoms with Crippen molar-refractivity contribution in [1.29, 1.82) is 5.26 Å². The van der Waals surface area contributed by atoms with Crippen LogP contribution in [0.3, 0.4) is 0 Å². The van der Waals surface area contributed by atoms with Crippen molar-refractivity contribution in [3.05, 3.63) is 56.2 Å². The number of pyridine rings is 1. The largest absolute Gasteiger partial charge is 0.486 e. The van der Waals surface area contributed by atoms with Crippen molar-refractivity contribution >= 4 is 38.1 Å². The quantitative estimate of drug-likeness (QED) is 0.737.